The van der Waals surface area contributed by atoms with Gasteiger partial charge in [-0.3, -0.25) is 9.69 Å². The number of benzene rings is 2. The molecule has 3 heterocycles. The predicted molar refractivity (Wildman–Crippen MR) is 133 cm³/mol. The van der Waals surface area contributed by atoms with Gasteiger partial charge in [-0.25, -0.2) is 4.98 Å². The number of carbonyl (C=O) groups excluding carboxylic acids is 1. The van der Waals surface area contributed by atoms with E-state index < -0.39 is 0 Å². The van der Waals surface area contributed by atoms with Gasteiger partial charge < -0.3 is 15.5 Å². The fraction of sp³-hybridized carbons (Fsp3) is 0.292. The topological polar surface area (TPSA) is 73.4 Å². The van der Waals surface area contributed by atoms with Crippen molar-refractivity contribution in [3.63, 3.8) is 0 Å². The molecule has 0 atom stereocenters. The summed E-state index contributed by atoms with van der Waals surface area (Å²) in [5.74, 6) is 1.36. The first kappa shape index (κ1) is 21.9. The molecule has 170 valence electrons. The van der Waals surface area contributed by atoms with Crippen LogP contribution >= 0.6 is 23.2 Å². The highest BCUT2D eigenvalue weighted by atomic mass is 35.5. The van der Waals surface area contributed by atoms with Gasteiger partial charge in [-0.05, 0) is 61.7 Å². The summed E-state index contributed by atoms with van der Waals surface area (Å²) in [5.41, 5.74) is 3.14. The quantitative estimate of drug-likeness (QED) is 0.541. The number of para-hydroxylation sites is 1. The van der Waals surface area contributed by atoms with Crippen LogP contribution in [-0.2, 0) is 0 Å². The summed E-state index contributed by atoms with van der Waals surface area (Å²) in [6.07, 6.45) is 3.87. The predicted octanol–water partition coefficient (Wildman–Crippen LogP) is 5.05. The second-order valence-corrected chi connectivity index (χ2v) is 9.16. The van der Waals surface area contributed by atoms with E-state index in [1.54, 1.807) is 29.3 Å². The lowest BCUT2D eigenvalue weighted by Gasteiger charge is -2.35. The molecular formula is C24H24Cl2N6O. The summed E-state index contributed by atoms with van der Waals surface area (Å²) in [6, 6.07) is 13.6. The molecule has 0 aliphatic carbocycles. The molecule has 1 aromatic heterocycles. The molecule has 2 aliphatic rings. The molecule has 9 heteroatoms. The highest BCUT2D eigenvalue weighted by molar-refractivity contribution is 6.40. The number of fused-ring (bicyclic) bond motifs is 1. The maximum Gasteiger partial charge on any atom is 0.265 e. The van der Waals surface area contributed by atoms with Crippen LogP contribution in [0.2, 0.25) is 10.0 Å². The molecule has 33 heavy (non-hydrogen) atoms. The number of nitrogens with zero attached hydrogens (tertiary/aromatic N) is 4. The second kappa shape index (κ2) is 9.17. The molecular weight excluding hydrogens is 459 g/mol. The Morgan fingerprint density at radius 1 is 1.06 bits per heavy atom. The lowest BCUT2D eigenvalue weighted by atomic mass is 9.90. The van der Waals surface area contributed by atoms with Gasteiger partial charge >= 0.3 is 0 Å². The minimum atomic E-state index is -0.240. The van der Waals surface area contributed by atoms with E-state index in [0.717, 1.165) is 31.6 Å². The van der Waals surface area contributed by atoms with Gasteiger partial charge in [0, 0.05) is 18.9 Å². The maximum absolute atomic E-state index is 13.2. The highest BCUT2D eigenvalue weighted by Crippen LogP contribution is 2.37. The van der Waals surface area contributed by atoms with E-state index in [1.807, 2.05) is 11.9 Å². The molecule has 2 N–H and O–H groups in total. The Morgan fingerprint density at radius 3 is 2.45 bits per heavy atom. The minimum Gasteiger partial charge on any atom is -0.341 e. The molecule has 1 saturated heterocycles. The van der Waals surface area contributed by atoms with Crippen LogP contribution in [0, 0.1) is 0 Å². The normalized spacial score (nSPS) is 16.6. The molecule has 0 saturated carbocycles. The summed E-state index contributed by atoms with van der Waals surface area (Å²) in [4.78, 5) is 25.6. The lowest BCUT2D eigenvalue weighted by molar-refractivity contribution is 0.0982. The first-order valence-electron chi connectivity index (χ1n) is 10.9. The molecule has 2 aromatic carbocycles. The number of hydrogen-bond acceptors (Lipinski definition) is 6. The molecule has 3 aromatic rings. The van der Waals surface area contributed by atoms with E-state index in [4.69, 9.17) is 23.2 Å². The fourth-order valence-corrected chi connectivity index (χ4v) is 5.01. The van der Waals surface area contributed by atoms with Gasteiger partial charge in [0.05, 0.1) is 22.4 Å². The van der Waals surface area contributed by atoms with Gasteiger partial charge in [0.25, 0.3) is 5.91 Å². The van der Waals surface area contributed by atoms with Crippen molar-refractivity contribution in [1.29, 1.82) is 0 Å². The average molecular weight is 483 g/mol. The van der Waals surface area contributed by atoms with Crippen molar-refractivity contribution in [3.8, 4) is 0 Å². The third-order valence-electron chi connectivity index (χ3n) is 6.14. The first-order valence-corrected chi connectivity index (χ1v) is 11.7. The monoisotopic (exact) mass is 482 g/mol. The fourth-order valence-electron chi connectivity index (χ4n) is 4.41. The van der Waals surface area contributed by atoms with Gasteiger partial charge in [0.2, 0.25) is 5.95 Å². The van der Waals surface area contributed by atoms with Crippen LogP contribution in [0.4, 0.5) is 23.1 Å². The number of hydrogen-bond donors (Lipinski definition) is 2. The van der Waals surface area contributed by atoms with E-state index in [0.29, 0.717) is 39.0 Å². The standard InChI is InChI=1S/C24H24Cl2N6O/c1-31-14-32(21-19(25)3-2-4-20(21)26)23(33)18-13-28-24(30-22(18)31)29-17-7-5-15(6-8-17)16-9-11-27-12-10-16/h2-8,13,16,27H,9-12,14H2,1H3,(H,28,29,30). The Morgan fingerprint density at radius 2 is 1.76 bits per heavy atom. The van der Waals surface area contributed by atoms with Crippen LogP contribution in [0.3, 0.4) is 0 Å². The largest absolute Gasteiger partial charge is 0.341 e. The Labute approximate surface area is 202 Å². The van der Waals surface area contributed by atoms with Crippen molar-refractivity contribution in [2.75, 3.05) is 41.9 Å². The summed E-state index contributed by atoms with van der Waals surface area (Å²) in [6.45, 7) is 2.41. The molecule has 0 spiro atoms. The number of carbonyl (C=O) groups is 1. The Hall–Kier alpha value is -2.87. The Kier molecular flexibility index (Phi) is 6.10. The number of rotatable bonds is 4. The number of anilines is 4. The van der Waals surface area contributed by atoms with Gasteiger partial charge in [-0.1, -0.05) is 41.4 Å². The van der Waals surface area contributed by atoms with Crippen molar-refractivity contribution in [3.05, 3.63) is 69.8 Å². The number of aromatic nitrogens is 2. The minimum absolute atomic E-state index is 0.240. The number of halogens is 2. The summed E-state index contributed by atoms with van der Waals surface area (Å²) in [5, 5.41) is 7.49. The van der Waals surface area contributed by atoms with Crippen molar-refractivity contribution in [1.82, 2.24) is 15.3 Å². The summed E-state index contributed by atoms with van der Waals surface area (Å²) in [7, 11) is 1.87. The zero-order valence-electron chi connectivity index (χ0n) is 18.2. The van der Waals surface area contributed by atoms with E-state index in [9.17, 15) is 4.79 Å². The van der Waals surface area contributed by atoms with Crippen LogP contribution in [0.25, 0.3) is 0 Å². The third-order valence-corrected chi connectivity index (χ3v) is 6.75. The molecule has 1 amide bonds. The van der Waals surface area contributed by atoms with Gasteiger partial charge in [0.15, 0.2) is 0 Å². The van der Waals surface area contributed by atoms with Crippen LogP contribution in [0.1, 0.15) is 34.7 Å². The summed E-state index contributed by atoms with van der Waals surface area (Å²) < 4.78 is 0. The van der Waals surface area contributed by atoms with E-state index >= 15 is 0 Å². The van der Waals surface area contributed by atoms with Gasteiger partial charge in [-0.2, -0.15) is 4.98 Å². The molecule has 2 aliphatic heterocycles. The third kappa shape index (κ3) is 4.36. The molecule has 7 nitrogen and oxygen atoms in total. The lowest BCUT2D eigenvalue weighted by Crippen LogP contribution is -2.46. The van der Waals surface area contributed by atoms with Gasteiger partial charge in [-0.15, -0.1) is 0 Å². The Bertz CT molecular complexity index is 1160. The zero-order valence-corrected chi connectivity index (χ0v) is 19.7. The van der Waals surface area contributed by atoms with Crippen molar-refractivity contribution >= 4 is 52.3 Å². The molecule has 5 rings (SSSR count). The van der Waals surface area contributed by atoms with E-state index in [2.05, 4.69) is 44.9 Å². The second-order valence-electron chi connectivity index (χ2n) is 8.34. The molecule has 0 unspecified atom stereocenters. The average Bonchev–Trinajstić information content (AvgIpc) is 2.83. The highest BCUT2D eigenvalue weighted by Gasteiger charge is 2.32. The smallest absolute Gasteiger partial charge is 0.265 e. The summed E-state index contributed by atoms with van der Waals surface area (Å²) >= 11 is 12.7. The SMILES string of the molecule is CN1CN(c2c(Cl)cccc2Cl)C(=O)c2cnc(Nc3ccc(C4CCNCC4)cc3)nc21. The number of piperidine rings is 1. The van der Waals surface area contributed by atoms with E-state index in [-0.39, 0.29) is 12.6 Å². The molecule has 1 fully saturated rings. The number of amides is 1. The van der Waals surface area contributed by atoms with E-state index in [1.165, 1.54) is 5.56 Å². The zero-order chi connectivity index (χ0) is 22.9. The van der Waals surface area contributed by atoms with Crippen LogP contribution in [0.15, 0.2) is 48.7 Å². The van der Waals surface area contributed by atoms with Crippen LogP contribution < -0.4 is 20.4 Å². The van der Waals surface area contributed by atoms with Crippen molar-refractivity contribution in [2.24, 2.45) is 0 Å². The molecule has 0 radical (unpaired) electrons. The maximum atomic E-state index is 13.2. The Balaban J connectivity index is 1.36. The van der Waals surface area contributed by atoms with Crippen LogP contribution in [0.5, 0.6) is 0 Å². The number of nitrogens with one attached hydrogen (secondary N) is 2. The molecule has 0 bridgehead atoms. The van der Waals surface area contributed by atoms with Crippen molar-refractivity contribution in [2.45, 2.75) is 18.8 Å². The van der Waals surface area contributed by atoms with Crippen molar-refractivity contribution < 1.29 is 4.79 Å². The van der Waals surface area contributed by atoms with Gasteiger partial charge in [0.1, 0.15) is 11.4 Å². The first-order chi connectivity index (χ1) is 16.0. The van der Waals surface area contributed by atoms with Crippen LogP contribution in [-0.4, -0.2) is 42.7 Å².